The zero-order valence-corrected chi connectivity index (χ0v) is 14.6. The Balaban J connectivity index is 2.58. The van der Waals surface area contributed by atoms with Gasteiger partial charge in [0.25, 0.3) is 0 Å². The van der Waals surface area contributed by atoms with Crippen molar-refractivity contribution in [2.24, 2.45) is 5.92 Å². The molecule has 0 saturated carbocycles. The SMILES string of the molecule is CC(C)[C@@](C)(C#N)NC(=O)CN1CCCN(S(C)(=O)=O)CC1. The van der Waals surface area contributed by atoms with E-state index >= 15 is 0 Å². The topological polar surface area (TPSA) is 93.5 Å². The molecule has 126 valence electrons. The van der Waals surface area contributed by atoms with Crippen LogP contribution in [0.5, 0.6) is 0 Å². The fraction of sp³-hybridized carbons (Fsp3) is 0.857. The van der Waals surface area contributed by atoms with E-state index in [0.29, 0.717) is 32.6 Å². The summed E-state index contributed by atoms with van der Waals surface area (Å²) >= 11 is 0. The van der Waals surface area contributed by atoms with Gasteiger partial charge >= 0.3 is 0 Å². The number of carbonyl (C=O) groups excluding carboxylic acids is 1. The quantitative estimate of drug-likeness (QED) is 0.766. The molecule has 0 aromatic rings. The van der Waals surface area contributed by atoms with Crippen molar-refractivity contribution in [3.8, 4) is 6.07 Å². The third-order valence-electron chi connectivity index (χ3n) is 4.17. The van der Waals surface area contributed by atoms with Crippen LogP contribution in [0.25, 0.3) is 0 Å². The van der Waals surface area contributed by atoms with Crippen LogP contribution in [0.2, 0.25) is 0 Å². The summed E-state index contributed by atoms with van der Waals surface area (Å²) in [6, 6.07) is 2.15. The molecule has 1 N–H and O–H groups in total. The number of nitrogens with one attached hydrogen (secondary N) is 1. The van der Waals surface area contributed by atoms with Crippen LogP contribution in [0.4, 0.5) is 0 Å². The van der Waals surface area contributed by atoms with E-state index < -0.39 is 15.6 Å². The maximum absolute atomic E-state index is 12.1. The lowest BCUT2D eigenvalue weighted by Crippen LogP contribution is -2.52. The highest BCUT2D eigenvalue weighted by Crippen LogP contribution is 2.15. The Morgan fingerprint density at radius 3 is 2.45 bits per heavy atom. The molecule has 0 spiro atoms. The van der Waals surface area contributed by atoms with Crippen LogP contribution >= 0.6 is 0 Å². The summed E-state index contributed by atoms with van der Waals surface area (Å²) in [4.78, 5) is 14.1. The lowest BCUT2D eigenvalue weighted by atomic mass is 9.90. The molecule has 1 rings (SSSR count). The van der Waals surface area contributed by atoms with E-state index in [2.05, 4.69) is 11.4 Å². The van der Waals surface area contributed by atoms with Crippen LogP contribution in [0, 0.1) is 17.2 Å². The van der Waals surface area contributed by atoms with Crippen molar-refractivity contribution in [3.63, 3.8) is 0 Å². The van der Waals surface area contributed by atoms with Crippen LogP contribution in [0.15, 0.2) is 0 Å². The minimum Gasteiger partial charge on any atom is -0.337 e. The predicted octanol–water partition coefficient (Wildman–Crippen LogP) is 0.00818. The molecule has 1 aliphatic heterocycles. The molecular formula is C14H26N4O3S. The second-order valence-electron chi connectivity index (χ2n) is 6.31. The molecule has 1 atom stereocenters. The number of nitriles is 1. The fourth-order valence-corrected chi connectivity index (χ4v) is 3.14. The van der Waals surface area contributed by atoms with Gasteiger partial charge in [-0.25, -0.2) is 12.7 Å². The van der Waals surface area contributed by atoms with Crippen molar-refractivity contribution in [2.75, 3.05) is 39.0 Å². The molecule has 1 heterocycles. The summed E-state index contributed by atoms with van der Waals surface area (Å²) < 4.78 is 24.6. The van der Waals surface area contributed by atoms with Gasteiger partial charge in [0.15, 0.2) is 0 Å². The molecule has 22 heavy (non-hydrogen) atoms. The van der Waals surface area contributed by atoms with Crippen LogP contribution < -0.4 is 5.32 Å². The molecule has 0 radical (unpaired) electrons. The summed E-state index contributed by atoms with van der Waals surface area (Å²) in [7, 11) is -3.18. The Morgan fingerprint density at radius 1 is 1.32 bits per heavy atom. The van der Waals surface area contributed by atoms with Gasteiger partial charge in [-0.3, -0.25) is 9.69 Å². The molecular weight excluding hydrogens is 304 g/mol. The smallest absolute Gasteiger partial charge is 0.235 e. The first-order valence-corrected chi connectivity index (χ1v) is 9.33. The standard InChI is InChI=1S/C14H26N4O3S/c1-12(2)14(3,11-15)16-13(19)10-17-6-5-7-18(9-8-17)22(4,20)21/h12H,5-10H2,1-4H3,(H,16,19)/t14-/m1/s1. The molecule has 1 aliphatic rings. The molecule has 0 bridgehead atoms. The van der Waals surface area contributed by atoms with Crippen molar-refractivity contribution >= 4 is 15.9 Å². The molecule has 1 saturated heterocycles. The van der Waals surface area contributed by atoms with Gasteiger partial charge in [0.05, 0.1) is 18.9 Å². The van der Waals surface area contributed by atoms with Crippen molar-refractivity contribution in [1.82, 2.24) is 14.5 Å². The first-order chi connectivity index (χ1) is 10.1. The highest BCUT2D eigenvalue weighted by Gasteiger charge is 2.31. The van der Waals surface area contributed by atoms with Gasteiger partial charge in [0, 0.05) is 19.6 Å². The minimum absolute atomic E-state index is 0.00584. The monoisotopic (exact) mass is 330 g/mol. The second-order valence-corrected chi connectivity index (χ2v) is 8.29. The average Bonchev–Trinajstić information content (AvgIpc) is 2.63. The van der Waals surface area contributed by atoms with Gasteiger partial charge < -0.3 is 5.32 Å². The maximum Gasteiger partial charge on any atom is 0.235 e. The Bertz CT molecular complexity index is 541. The summed E-state index contributed by atoms with van der Waals surface area (Å²) in [6.07, 6.45) is 1.90. The normalized spacial score (nSPS) is 20.9. The molecule has 0 aromatic heterocycles. The number of sulfonamides is 1. The van der Waals surface area contributed by atoms with E-state index in [-0.39, 0.29) is 18.4 Å². The van der Waals surface area contributed by atoms with E-state index in [1.54, 1.807) is 6.92 Å². The molecule has 7 nitrogen and oxygen atoms in total. The largest absolute Gasteiger partial charge is 0.337 e. The molecule has 0 aliphatic carbocycles. The Hall–Kier alpha value is -1.17. The third-order valence-corrected chi connectivity index (χ3v) is 5.47. The van der Waals surface area contributed by atoms with Crippen molar-refractivity contribution in [2.45, 2.75) is 32.7 Å². The number of rotatable bonds is 5. The predicted molar refractivity (Wildman–Crippen MR) is 84.5 cm³/mol. The van der Waals surface area contributed by atoms with Crippen LogP contribution in [-0.4, -0.2) is 68.0 Å². The highest BCUT2D eigenvalue weighted by atomic mass is 32.2. The summed E-state index contributed by atoms with van der Waals surface area (Å²) in [6.45, 7) is 7.74. The van der Waals surface area contributed by atoms with E-state index in [4.69, 9.17) is 0 Å². The number of amides is 1. The lowest BCUT2D eigenvalue weighted by molar-refractivity contribution is -0.123. The van der Waals surface area contributed by atoms with Gasteiger partial charge in [0.2, 0.25) is 15.9 Å². The molecule has 1 amide bonds. The van der Waals surface area contributed by atoms with Crippen LogP contribution in [0.3, 0.4) is 0 Å². The number of carbonyl (C=O) groups is 1. The third kappa shape index (κ3) is 5.23. The van der Waals surface area contributed by atoms with Crippen LogP contribution in [0.1, 0.15) is 27.2 Å². The highest BCUT2D eigenvalue weighted by molar-refractivity contribution is 7.88. The van der Waals surface area contributed by atoms with Crippen molar-refractivity contribution < 1.29 is 13.2 Å². The van der Waals surface area contributed by atoms with Gasteiger partial charge in [-0.1, -0.05) is 13.8 Å². The minimum atomic E-state index is -3.18. The summed E-state index contributed by atoms with van der Waals surface area (Å²) in [5.74, 6) is -0.197. The lowest BCUT2D eigenvalue weighted by Gasteiger charge is -2.29. The Kier molecular flexibility index (Phi) is 6.35. The van der Waals surface area contributed by atoms with Crippen LogP contribution in [-0.2, 0) is 14.8 Å². The zero-order chi connectivity index (χ0) is 17.0. The molecule has 0 aromatic carbocycles. The summed E-state index contributed by atoms with van der Waals surface area (Å²) in [5.41, 5.74) is -0.887. The Morgan fingerprint density at radius 2 is 1.95 bits per heavy atom. The Labute approximate surface area is 133 Å². The van der Waals surface area contributed by atoms with E-state index in [0.717, 1.165) is 0 Å². The first-order valence-electron chi connectivity index (χ1n) is 7.48. The van der Waals surface area contributed by atoms with Crippen molar-refractivity contribution in [3.05, 3.63) is 0 Å². The first kappa shape index (κ1) is 18.9. The summed E-state index contributed by atoms with van der Waals surface area (Å²) in [5, 5.41) is 12.0. The fourth-order valence-electron chi connectivity index (χ4n) is 2.27. The van der Waals surface area contributed by atoms with Gasteiger partial charge in [-0.05, 0) is 25.8 Å². The van der Waals surface area contributed by atoms with E-state index in [9.17, 15) is 18.5 Å². The number of hydrogen-bond donors (Lipinski definition) is 1. The zero-order valence-electron chi connectivity index (χ0n) is 13.8. The van der Waals surface area contributed by atoms with Crippen molar-refractivity contribution in [1.29, 1.82) is 5.26 Å². The van der Waals surface area contributed by atoms with Gasteiger partial charge in [-0.15, -0.1) is 0 Å². The van der Waals surface area contributed by atoms with E-state index in [1.165, 1.54) is 10.6 Å². The molecule has 8 heteroatoms. The average molecular weight is 330 g/mol. The second kappa shape index (κ2) is 7.40. The molecule has 0 unspecified atom stereocenters. The van der Waals surface area contributed by atoms with E-state index in [1.807, 2.05) is 18.7 Å². The number of hydrogen-bond acceptors (Lipinski definition) is 5. The molecule has 1 fully saturated rings. The van der Waals surface area contributed by atoms with Gasteiger partial charge in [-0.2, -0.15) is 5.26 Å². The maximum atomic E-state index is 12.1. The number of nitrogens with zero attached hydrogens (tertiary/aromatic N) is 3. The van der Waals surface area contributed by atoms with Gasteiger partial charge in [0.1, 0.15) is 5.54 Å².